The molecule has 2 aromatic rings. The summed E-state index contributed by atoms with van der Waals surface area (Å²) in [5.41, 5.74) is 2.11. The molecular formula is C16H14O3. The molecule has 0 bridgehead atoms. The van der Waals surface area contributed by atoms with E-state index in [1.165, 1.54) is 0 Å². The summed E-state index contributed by atoms with van der Waals surface area (Å²) in [6.07, 6.45) is 4.05. The van der Waals surface area contributed by atoms with Gasteiger partial charge in [-0.3, -0.25) is 0 Å². The van der Waals surface area contributed by atoms with E-state index in [9.17, 15) is 0 Å². The second-order valence-corrected chi connectivity index (χ2v) is 4.19. The number of benzene rings is 2. The first-order valence-electron chi connectivity index (χ1n) is 6.07. The Morgan fingerprint density at radius 1 is 1.00 bits per heavy atom. The molecule has 3 rings (SSSR count). The van der Waals surface area contributed by atoms with E-state index < -0.39 is 0 Å². The first kappa shape index (κ1) is 11.7. The Hall–Kier alpha value is -2.42. The van der Waals surface area contributed by atoms with Gasteiger partial charge >= 0.3 is 0 Å². The fourth-order valence-corrected chi connectivity index (χ4v) is 2.01. The van der Waals surface area contributed by atoms with Crippen LogP contribution in [0.1, 0.15) is 11.1 Å². The summed E-state index contributed by atoms with van der Waals surface area (Å²) in [6.45, 7) is 0.301. The van der Waals surface area contributed by atoms with Gasteiger partial charge in [0.15, 0.2) is 11.5 Å². The molecular weight excluding hydrogens is 240 g/mol. The van der Waals surface area contributed by atoms with E-state index in [1.807, 2.05) is 54.6 Å². The van der Waals surface area contributed by atoms with E-state index >= 15 is 0 Å². The van der Waals surface area contributed by atoms with Crippen LogP contribution < -0.4 is 14.2 Å². The molecule has 2 aromatic carbocycles. The van der Waals surface area contributed by atoms with Crippen LogP contribution in [0.15, 0.2) is 42.5 Å². The van der Waals surface area contributed by atoms with Crippen molar-refractivity contribution < 1.29 is 14.2 Å². The van der Waals surface area contributed by atoms with Gasteiger partial charge in [0.2, 0.25) is 6.79 Å². The molecule has 0 radical (unpaired) electrons. The number of ether oxygens (including phenoxy) is 3. The van der Waals surface area contributed by atoms with E-state index in [0.29, 0.717) is 6.79 Å². The van der Waals surface area contributed by atoms with Gasteiger partial charge in [-0.1, -0.05) is 36.4 Å². The smallest absolute Gasteiger partial charge is 0.231 e. The third kappa shape index (κ3) is 2.40. The molecule has 0 spiro atoms. The van der Waals surface area contributed by atoms with Gasteiger partial charge in [0.25, 0.3) is 0 Å². The fraction of sp³-hybridized carbons (Fsp3) is 0.125. The van der Waals surface area contributed by atoms with Crippen LogP contribution in [-0.4, -0.2) is 13.9 Å². The normalized spacial score (nSPS) is 12.9. The standard InChI is InChI=1S/C16H14O3/c1-17-14-5-3-2-4-13(14)8-6-12-7-9-15-16(10-12)19-11-18-15/h2-10H,11H2,1H3/b8-6+. The summed E-state index contributed by atoms with van der Waals surface area (Å²) >= 11 is 0. The Kier molecular flexibility index (Phi) is 3.11. The highest BCUT2D eigenvalue weighted by Gasteiger charge is 2.12. The lowest BCUT2D eigenvalue weighted by molar-refractivity contribution is 0.174. The maximum atomic E-state index is 5.36. The molecule has 0 saturated carbocycles. The largest absolute Gasteiger partial charge is 0.496 e. The lowest BCUT2D eigenvalue weighted by Crippen LogP contribution is -1.92. The molecule has 0 N–H and O–H groups in total. The Bertz CT molecular complexity index is 617. The third-order valence-corrected chi connectivity index (χ3v) is 2.99. The molecule has 0 aliphatic carbocycles. The van der Waals surface area contributed by atoms with Crippen molar-refractivity contribution in [1.29, 1.82) is 0 Å². The minimum absolute atomic E-state index is 0.301. The van der Waals surface area contributed by atoms with E-state index in [1.54, 1.807) is 7.11 Å². The summed E-state index contributed by atoms with van der Waals surface area (Å²) in [6, 6.07) is 13.8. The lowest BCUT2D eigenvalue weighted by atomic mass is 10.1. The zero-order valence-electron chi connectivity index (χ0n) is 10.6. The van der Waals surface area contributed by atoms with Crippen molar-refractivity contribution in [3.05, 3.63) is 53.6 Å². The third-order valence-electron chi connectivity index (χ3n) is 2.99. The van der Waals surface area contributed by atoms with Gasteiger partial charge in [-0.05, 0) is 23.8 Å². The lowest BCUT2D eigenvalue weighted by Gasteiger charge is -2.03. The topological polar surface area (TPSA) is 27.7 Å². The second kappa shape index (κ2) is 5.06. The average molecular weight is 254 g/mol. The van der Waals surface area contributed by atoms with E-state index in [-0.39, 0.29) is 0 Å². The van der Waals surface area contributed by atoms with Crippen LogP contribution in [0.2, 0.25) is 0 Å². The monoisotopic (exact) mass is 254 g/mol. The van der Waals surface area contributed by atoms with Crippen molar-refractivity contribution in [2.45, 2.75) is 0 Å². The maximum Gasteiger partial charge on any atom is 0.231 e. The SMILES string of the molecule is COc1ccccc1/C=C/c1ccc2c(c1)OCO2. The highest BCUT2D eigenvalue weighted by atomic mass is 16.7. The van der Waals surface area contributed by atoms with Gasteiger partial charge < -0.3 is 14.2 Å². The van der Waals surface area contributed by atoms with Gasteiger partial charge in [-0.25, -0.2) is 0 Å². The van der Waals surface area contributed by atoms with Gasteiger partial charge in [-0.15, -0.1) is 0 Å². The summed E-state index contributed by atoms with van der Waals surface area (Å²) in [4.78, 5) is 0. The van der Waals surface area contributed by atoms with E-state index in [4.69, 9.17) is 14.2 Å². The first-order valence-corrected chi connectivity index (χ1v) is 6.07. The Morgan fingerprint density at radius 3 is 2.74 bits per heavy atom. The Morgan fingerprint density at radius 2 is 1.84 bits per heavy atom. The highest BCUT2D eigenvalue weighted by molar-refractivity contribution is 5.73. The first-order chi connectivity index (χ1) is 9.36. The van der Waals surface area contributed by atoms with Crippen molar-refractivity contribution in [2.24, 2.45) is 0 Å². The van der Waals surface area contributed by atoms with Gasteiger partial charge in [0.05, 0.1) is 7.11 Å². The van der Waals surface area contributed by atoms with Crippen molar-refractivity contribution in [3.63, 3.8) is 0 Å². The number of methoxy groups -OCH3 is 1. The second-order valence-electron chi connectivity index (χ2n) is 4.19. The van der Waals surface area contributed by atoms with Gasteiger partial charge in [0, 0.05) is 5.56 Å². The zero-order chi connectivity index (χ0) is 13.1. The Balaban J connectivity index is 1.86. The summed E-state index contributed by atoms with van der Waals surface area (Å²) in [5.74, 6) is 2.45. The molecule has 0 fully saturated rings. The van der Waals surface area contributed by atoms with Crippen LogP contribution in [0.5, 0.6) is 17.2 Å². The van der Waals surface area contributed by atoms with Crippen LogP contribution >= 0.6 is 0 Å². The molecule has 96 valence electrons. The molecule has 0 amide bonds. The molecule has 1 aliphatic heterocycles. The van der Waals surface area contributed by atoms with Crippen LogP contribution in [0.25, 0.3) is 12.2 Å². The summed E-state index contributed by atoms with van der Waals surface area (Å²) < 4.78 is 16.0. The van der Waals surface area contributed by atoms with Gasteiger partial charge in [-0.2, -0.15) is 0 Å². The molecule has 0 unspecified atom stereocenters. The number of para-hydroxylation sites is 1. The molecule has 1 heterocycles. The number of hydrogen-bond donors (Lipinski definition) is 0. The molecule has 0 atom stereocenters. The molecule has 3 nitrogen and oxygen atoms in total. The Labute approximate surface area is 112 Å². The van der Waals surface area contributed by atoms with Gasteiger partial charge in [0.1, 0.15) is 5.75 Å². The van der Waals surface area contributed by atoms with Crippen LogP contribution in [0.3, 0.4) is 0 Å². The molecule has 1 aliphatic rings. The summed E-state index contributed by atoms with van der Waals surface area (Å²) in [5, 5.41) is 0. The van der Waals surface area contributed by atoms with Crippen molar-refractivity contribution >= 4 is 12.2 Å². The maximum absolute atomic E-state index is 5.36. The zero-order valence-corrected chi connectivity index (χ0v) is 10.6. The van der Waals surface area contributed by atoms with Crippen molar-refractivity contribution in [1.82, 2.24) is 0 Å². The number of fused-ring (bicyclic) bond motifs is 1. The van der Waals surface area contributed by atoms with Crippen LogP contribution in [0, 0.1) is 0 Å². The molecule has 3 heteroatoms. The summed E-state index contributed by atoms with van der Waals surface area (Å²) in [7, 11) is 1.67. The average Bonchev–Trinajstić information content (AvgIpc) is 2.93. The van der Waals surface area contributed by atoms with Crippen LogP contribution in [0.4, 0.5) is 0 Å². The predicted molar refractivity (Wildman–Crippen MR) is 74.5 cm³/mol. The van der Waals surface area contributed by atoms with E-state index in [0.717, 1.165) is 28.4 Å². The highest BCUT2D eigenvalue weighted by Crippen LogP contribution is 2.33. The minimum Gasteiger partial charge on any atom is -0.496 e. The quantitative estimate of drug-likeness (QED) is 0.783. The number of hydrogen-bond acceptors (Lipinski definition) is 3. The fourth-order valence-electron chi connectivity index (χ4n) is 2.01. The molecule has 0 saturated heterocycles. The predicted octanol–water partition coefficient (Wildman–Crippen LogP) is 3.59. The molecule has 0 aromatic heterocycles. The van der Waals surface area contributed by atoms with Crippen LogP contribution in [-0.2, 0) is 0 Å². The van der Waals surface area contributed by atoms with Crippen molar-refractivity contribution in [3.8, 4) is 17.2 Å². The van der Waals surface area contributed by atoms with E-state index in [2.05, 4.69) is 0 Å². The minimum atomic E-state index is 0.301. The molecule has 19 heavy (non-hydrogen) atoms. The number of rotatable bonds is 3. The van der Waals surface area contributed by atoms with Crippen molar-refractivity contribution in [2.75, 3.05) is 13.9 Å².